The molecule has 31 heavy (non-hydrogen) atoms. The summed E-state index contributed by atoms with van der Waals surface area (Å²) in [7, 11) is 4.79. The van der Waals surface area contributed by atoms with Crippen molar-refractivity contribution in [2.24, 2.45) is 0 Å². The van der Waals surface area contributed by atoms with Gasteiger partial charge >= 0.3 is 0 Å². The van der Waals surface area contributed by atoms with Crippen LogP contribution in [0.15, 0.2) is 48.0 Å². The zero-order valence-corrected chi connectivity index (χ0v) is 19.0. The Hall–Kier alpha value is -2.80. The van der Waals surface area contributed by atoms with E-state index >= 15 is 0 Å². The standard InChI is InChI=1S/C25H32O6/c1-19(2)6-13-23-24(30-17-27-4)14-21(15-25(23)31-18-28-5)8-7-20-9-11-22(12-10-20)29-16-26-3/h6-12,14-15H,13,16-18H2,1-5H3/b8-7+. The predicted molar refractivity (Wildman–Crippen MR) is 122 cm³/mol. The number of methoxy groups -OCH3 is 3. The number of hydrogen-bond acceptors (Lipinski definition) is 6. The fourth-order valence-corrected chi connectivity index (χ4v) is 2.74. The SMILES string of the molecule is COCOc1ccc(/C=C/c2cc(OCOC)c(CC=C(C)C)c(OCOC)c2)cc1. The second kappa shape index (κ2) is 13.5. The molecule has 0 radical (unpaired) electrons. The monoisotopic (exact) mass is 428 g/mol. The second-order valence-corrected chi connectivity index (χ2v) is 7.04. The average molecular weight is 429 g/mol. The van der Waals surface area contributed by atoms with E-state index in [9.17, 15) is 0 Å². The molecule has 0 aliphatic rings. The summed E-state index contributed by atoms with van der Waals surface area (Å²) in [6.45, 7) is 4.66. The minimum Gasteiger partial charge on any atom is -0.468 e. The van der Waals surface area contributed by atoms with Gasteiger partial charge in [-0.25, -0.2) is 0 Å². The van der Waals surface area contributed by atoms with E-state index in [1.165, 1.54) is 5.57 Å². The highest BCUT2D eigenvalue weighted by atomic mass is 16.7. The molecule has 2 rings (SSSR count). The molecule has 0 heterocycles. The van der Waals surface area contributed by atoms with E-state index < -0.39 is 0 Å². The number of allylic oxidation sites excluding steroid dienone is 2. The van der Waals surface area contributed by atoms with Crippen LogP contribution >= 0.6 is 0 Å². The lowest BCUT2D eigenvalue weighted by Gasteiger charge is -2.16. The van der Waals surface area contributed by atoms with Gasteiger partial charge in [0.05, 0.1) is 0 Å². The zero-order chi connectivity index (χ0) is 22.5. The molecule has 0 bridgehead atoms. The fourth-order valence-electron chi connectivity index (χ4n) is 2.74. The van der Waals surface area contributed by atoms with Crippen LogP contribution in [-0.2, 0) is 20.6 Å². The Kier molecular flexibility index (Phi) is 10.6. The van der Waals surface area contributed by atoms with Crippen LogP contribution in [0.2, 0.25) is 0 Å². The molecule has 0 saturated heterocycles. The molecule has 0 saturated carbocycles. The van der Waals surface area contributed by atoms with Crippen molar-refractivity contribution in [3.63, 3.8) is 0 Å². The highest BCUT2D eigenvalue weighted by molar-refractivity contribution is 5.72. The van der Waals surface area contributed by atoms with Crippen LogP contribution in [-0.4, -0.2) is 41.7 Å². The Labute approximate surface area is 185 Å². The van der Waals surface area contributed by atoms with E-state index in [0.717, 1.165) is 33.9 Å². The Morgan fingerprint density at radius 2 is 1.23 bits per heavy atom. The van der Waals surface area contributed by atoms with Crippen molar-refractivity contribution >= 4 is 12.2 Å². The van der Waals surface area contributed by atoms with E-state index in [1.54, 1.807) is 21.3 Å². The molecule has 0 fully saturated rings. The first-order chi connectivity index (χ1) is 15.1. The summed E-state index contributed by atoms with van der Waals surface area (Å²) >= 11 is 0. The average Bonchev–Trinajstić information content (AvgIpc) is 2.78. The van der Waals surface area contributed by atoms with Gasteiger partial charge in [0, 0.05) is 26.9 Å². The van der Waals surface area contributed by atoms with E-state index in [1.807, 2.05) is 48.6 Å². The predicted octanol–water partition coefficient (Wildman–Crippen LogP) is 5.31. The molecule has 6 heteroatoms. The lowest BCUT2D eigenvalue weighted by molar-refractivity contribution is 0.0448. The summed E-state index contributed by atoms with van der Waals surface area (Å²) in [5.74, 6) is 2.19. The Balaban J connectivity index is 2.32. The number of ether oxygens (including phenoxy) is 6. The molecule has 2 aromatic carbocycles. The van der Waals surface area contributed by atoms with Gasteiger partial charge in [0.2, 0.25) is 0 Å². The summed E-state index contributed by atoms with van der Waals surface area (Å²) in [4.78, 5) is 0. The molecular weight excluding hydrogens is 396 g/mol. The second-order valence-electron chi connectivity index (χ2n) is 7.04. The highest BCUT2D eigenvalue weighted by Gasteiger charge is 2.13. The maximum Gasteiger partial charge on any atom is 0.188 e. The number of benzene rings is 2. The van der Waals surface area contributed by atoms with Crippen molar-refractivity contribution in [1.29, 1.82) is 0 Å². The Bertz CT molecular complexity index is 822. The van der Waals surface area contributed by atoms with E-state index in [4.69, 9.17) is 28.4 Å². The van der Waals surface area contributed by atoms with Crippen LogP contribution < -0.4 is 14.2 Å². The third-order valence-electron chi connectivity index (χ3n) is 4.26. The summed E-state index contributed by atoms with van der Waals surface area (Å²) in [5.41, 5.74) is 4.15. The molecular formula is C25H32O6. The zero-order valence-electron chi connectivity index (χ0n) is 19.0. The summed E-state index contributed by atoms with van der Waals surface area (Å²) in [5, 5.41) is 0. The minimum absolute atomic E-state index is 0.154. The molecule has 0 aliphatic carbocycles. The topological polar surface area (TPSA) is 55.4 Å². The smallest absolute Gasteiger partial charge is 0.188 e. The molecule has 0 amide bonds. The van der Waals surface area contributed by atoms with Crippen LogP contribution in [0, 0.1) is 0 Å². The van der Waals surface area contributed by atoms with Crippen molar-refractivity contribution in [3.05, 3.63) is 64.7 Å². The lowest BCUT2D eigenvalue weighted by atomic mass is 10.0. The van der Waals surface area contributed by atoms with Gasteiger partial charge < -0.3 is 28.4 Å². The molecule has 0 atom stereocenters. The third kappa shape index (κ3) is 8.45. The molecule has 0 spiro atoms. The van der Waals surface area contributed by atoms with Gasteiger partial charge in [0.25, 0.3) is 0 Å². The van der Waals surface area contributed by atoms with Gasteiger partial charge in [-0.1, -0.05) is 35.9 Å². The first-order valence-electron chi connectivity index (χ1n) is 10.0. The van der Waals surface area contributed by atoms with Crippen molar-refractivity contribution in [2.75, 3.05) is 41.7 Å². The number of rotatable bonds is 13. The van der Waals surface area contributed by atoms with Gasteiger partial charge in [-0.05, 0) is 55.7 Å². The first kappa shape index (κ1) is 24.5. The quantitative estimate of drug-likeness (QED) is 0.245. The van der Waals surface area contributed by atoms with Gasteiger partial charge in [0.1, 0.15) is 17.2 Å². The summed E-state index contributed by atoms with van der Waals surface area (Å²) < 4.78 is 32.3. The minimum atomic E-state index is 0.154. The van der Waals surface area contributed by atoms with E-state index in [-0.39, 0.29) is 20.4 Å². The van der Waals surface area contributed by atoms with Crippen LogP contribution in [0.1, 0.15) is 30.5 Å². The highest BCUT2D eigenvalue weighted by Crippen LogP contribution is 2.33. The van der Waals surface area contributed by atoms with Crippen LogP contribution in [0.4, 0.5) is 0 Å². The van der Waals surface area contributed by atoms with Gasteiger partial charge in [0.15, 0.2) is 20.4 Å². The van der Waals surface area contributed by atoms with Gasteiger partial charge in [-0.2, -0.15) is 0 Å². The molecule has 0 N–H and O–H groups in total. The van der Waals surface area contributed by atoms with Crippen molar-refractivity contribution in [2.45, 2.75) is 20.3 Å². The summed E-state index contributed by atoms with van der Waals surface area (Å²) in [6.07, 6.45) is 6.85. The molecule has 0 unspecified atom stereocenters. The van der Waals surface area contributed by atoms with E-state index in [2.05, 4.69) is 19.9 Å². The molecule has 168 valence electrons. The Morgan fingerprint density at radius 1 is 0.710 bits per heavy atom. The van der Waals surface area contributed by atoms with Crippen LogP contribution in [0.5, 0.6) is 17.2 Å². The molecule has 2 aromatic rings. The largest absolute Gasteiger partial charge is 0.468 e. The molecule has 0 aromatic heterocycles. The molecule has 0 aliphatic heterocycles. The van der Waals surface area contributed by atoms with Gasteiger partial charge in [-0.3, -0.25) is 0 Å². The lowest BCUT2D eigenvalue weighted by Crippen LogP contribution is -2.06. The molecule has 6 nitrogen and oxygen atoms in total. The first-order valence-corrected chi connectivity index (χ1v) is 10.0. The van der Waals surface area contributed by atoms with Crippen molar-refractivity contribution in [1.82, 2.24) is 0 Å². The van der Waals surface area contributed by atoms with Crippen LogP contribution in [0.25, 0.3) is 12.2 Å². The maximum atomic E-state index is 5.85. The van der Waals surface area contributed by atoms with Crippen LogP contribution in [0.3, 0.4) is 0 Å². The number of hydrogen-bond donors (Lipinski definition) is 0. The van der Waals surface area contributed by atoms with Crippen molar-refractivity contribution < 1.29 is 28.4 Å². The van der Waals surface area contributed by atoms with Crippen molar-refractivity contribution in [3.8, 4) is 17.2 Å². The van der Waals surface area contributed by atoms with Gasteiger partial charge in [-0.15, -0.1) is 0 Å². The third-order valence-corrected chi connectivity index (χ3v) is 4.26. The Morgan fingerprint density at radius 3 is 1.74 bits per heavy atom. The maximum absolute atomic E-state index is 5.85. The van der Waals surface area contributed by atoms with E-state index in [0.29, 0.717) is 6.42 Å². The normalized spacial score (nSPS) is 10.9. The fraction of sp³-hybridized carbons (Fsp3) is 0.360. The summed E-state index contributed by atoms with van der Waals surface area (Å²) in [6, 6.07) is 11.7.